The van der Waals surface area contributed by atoms with E-state index >= 15 is 0 Å². The number of Topliss-reactive ketones (excluding diaryl/α,β-unsaturated/α-hetero) is 2. The van der Waals surface area contributed by atoms with Crippen LogP contribution >= 0.6 is 0 Å². The van der Waals surface area contributed by atoms with Crippen molar-refractivity contribution in [1.29, 1.82) is 0 Å². The first kappa shape index (κ1) is 25.4. The van der Waals surface area contributed by atoms with Crippen molar-refractivity contribution >= 4 is 11.6 Å². The monoisotopic (exact) mass is 403 g/mol. The highest BCUT2D eigenvalue weighted by Crippen LogP contribution is 2.37. The van der Waals surface area contributed by atoms with E-state index in [0.717, 1.165) is 30.4 Å². The number of aliphatic hydroxyl groups is 1. The SMILES string of the molecule is C=C(C)[C@H](C)[C@@H](C=C(C)C)C1C(=O)C(NCC(C)C)=C(CCCCC)C(=O)C1O. The molecule has 0 spiro atoms. The van der Waals surface area contributed by atoms with Crippen molar-refractivity contribution in [2.24, 2.45) is 23.7 Å². The first-order valence-corrected chi connectivity index (χ1v) is 11.1. The summed E-state index contributed by atoms with van der Waals surface area (Å²) in [6.07, 6.45) is 4.12. The number of carbonyl (C=O) groups excluding carboxylic acids is 2. The number of carbonyl (C=O) groups is 2. The molecule has 0 aliphatic heterocycles. The molecule has 0 aromatic rings. The largest absolute Gasteiger partial charge is 0.384 e. The summed E-state index contributed by atoms with van der Waals surface area (Å²) in [5.41, 5.74) is 2.90. The van der Waals surface area contributed by atoms with Gasteiger partial charge in [-0.25, -0.2) is 0 Å². The number of nitrogens with one attached hydrogen (secondary N) is 1. The number of aliphatic hydroxyl groups excluding tert-OH is 1. The quantitative estimate of drug-likeness (QED) is 0.377. The zero-order valence-corrected chi connectivity index (χ0v) is 19.5. The van der Waals surface area contributed by atoms with E-state index in [1.165, 1.54) is 0 Å². The maximum atomic E-state index is 13.6. The third-order valence-corrected chi connectivity index (χ3v) is 5.77. The topological polar surface area (TPSA) is 66.4 Å². The standard InChI is InChI=1S/C25H41NO3/c1-9-10-11-12-19-22(26-14-16(4)5)24(28)21(25(29)23(19)27)20(13-15(2)3)18(8)17(6)7/h13,16,18,20-21,25-26,29H,6,9-12,14H2,1-5,7-8H3/t18-,20+,21?,25?/m0/s1. The first-order chi connectivity index (χ1) is 13.5. The lowest BCUT2D eigenvalue weighted by atomic mass is 9.69. The van der Waals surface area contributed by atoms with Gasteiger partial charge in [-0.05, 0) is 51.4 Å². The lowest BCUT2D eigenvalue weighted by Crippen LogP contribution is -2.49. The Morgan fingerprint density at radius 3 is 2.24 bits per heavy atom. The summed E-state index contributed by atoms with van der Waals surface area (Å²) in [5.74, 6) is -1.16. The Kier molecular flexibility index (Phi) is 10.0. The molecule has 2 unspecified atom stereocenters. The number of unbranched alkanes of at least 4 members (excludes halogenated alkanes) is 2. The van der Waals surface area contributed by atoms with Crippen LogP contribution < -0.4 is 5.32 Å². The van der Waals surface area contributed by atoms with Crippen molar-refractivity contribution in [1.82, 2.24) is 5.32 Å². The van der Waals surface area contributed by atoms with Gasteiger partial charge in [-0.3, -0.25) is 9.59 Å². The van der Waals surface area contributed by atoms with Gasteiger partial charge in [0.25, 0.3) is 0 Å². The Morgan fingerprint density at radius 1 is 1.14 bits per heavy atom. The van der Waals surface area contributed by atoms with Crippen LogP contribution in [0.2, 0.25) is 0 Å². The van der Waals surface area contributed by atoms with E-state index in [1.807, 2.05) is 33.8 Å². The van der Waals surface area contributed by atoms with Gasteiger partial charge in [-0.1, -0.05) is 64.3 Å². The van der Waals surface area contributed by atoms with Gasteiger partial charge < -0.3 is 10.4 Å². The van der Waals surface area contributed by atoms with Crippen LogP contribution in [-0.4, -0.2) is 29.3 Å². The molecular weight excluding hydrogens is 362 g/mol. The van der Waals surface area contributed by atoms with Crippen LogP contribution in [0.15, 0.2) is 35.1 Å². The van der Waals surface area contributed by atoms with Crippen LogP contribution in [0.3, 0.4) is 0 Å². The van der Waals surface area contributed by atoms with Gasteiger partial charge >= 0.3 is 0 Å². The Balaban J connectivity index is 3.44. The molecule has 0 aromatic heterocycles. The van der Waals surface area contributed by atoms with Gasteiger partial charge in [-0.15, -0.1) is 0 Å². The second-order valence-electron chi connectivity index (χ2n) is 9.24. The summed E-state index contributed by atoms with van der Waals surface area (Å²) < 4.78 is 0. The predicted octanol–water partition coefficient (Wildman–Crippen LogP) is 4.99. The highest BCUT2D eigenvalue weighted by molar-refractivity contribution is 6.14. The van der Waals surface area contributed by atoms with Gasteiger partial charge in [0.05, 0.1) is 11.6 Å². The molecule has 0 radical (unpaired) electrons. The lowest BCUT2D eigenvalue weighted by Gasteiger charge is -2.37. The molecule has 0 bridgehead atoms. The highest BCUT2D eigenvalue weighted by Gasteiger charge is 2.46. The minimum absolute atomic E-state index is 0.0192. The van der Waals surface area contributed by atoms with E-state index in [4.69, 9.17) is 0 Å². The zero-order valence-electron chi connectivity index (χ0n) is 19.5. The average molecular weight is 404 g/mol. The normalized spacial score (nSPS) is 22.0. The molecule has 0 saturated carbocycles. The lowest BCUT2D eigenvalue weighted by molar-refractivity contribution is -0.138. The minimum Gasteiger partial charge on any atom is -0.384 e. The summed E-state index contributed by atoms with van der Waals surface area (Å²) in [6, 6.07) is 0. The molecular formula is C25H41NO3. The van der Waals surface area contributed by atoms with Crippen molar-refractivity contribution in [2.45, 2.75) is 80.3 Å². The smallest absolute Gasteiger partial charge is 0.190 e. The third kappa shape index (κ3) is 6.67. The van der Waals surface area contributed by atoms with E-state index < -0.39 is 12.0 Å². The zero-order chi connectivity index (χ0) is 22.3. The van der Waals surface area contributed by atoms with E-state index in [1.54, 1.807) is 0 Å². The van der Waals surface area contributed by atoms with Gasteiger partial charge in [0.1, 0.15) is 6.10 Å². The maximum absolute atomic E-state index is 13.6. The Hall–Kier alpha value is -1.68. The van der Waals surface area contributed by atoms with Crippen LogP contribution in [0.1, 0.15) is 74.1 Å². The fourth-order valence-corrected chi connectivity index (χ4v) is 3.88. The number of ketones is 2. The van der Waals surface area contributed by atoms with Crippen molar-refractivity contribution in [3.8, 4) is 0 Å². The summed E-state index contributed by atoms with van der Waals surface area (Å²) in [5, 5.41) is 14.2. The summed E-state index contributed by atoms with van der Waals surface area (Å²) in [7, 11) is 0. The predicted molar refractivity (Wildman–Crippen MR) is 120 cm³/mol. The fraction of sp³-hybridized carbons (Fsp3) is 0.680. The molecule has 0 heterocycles. The molecule has 4 atom stereocenters. The van der Waals surface area contributed by atoms with Gasteiger partial charge in [-0.2, -0.15) is 0 Å². The molecule has 164 valence electrons. The molecule has 0 amide bonds. The van der Waals surface area contributed by atoms with Crippen LogP contribution in [0.5, 0.6) is 0 Å². The van der Waals surface area contributed by atoms with Crippen LogP contribution in [0.25, 0.3) is 0 Å². The molecule has 4 nitrogen and oxygen atoms in total. The van der Waals surface area contributed by atoms with Crippen molar-refractivity contribution < 1.29 is 14.7 Å². The molecule has 29 heavy (non-hydrogen) atoms. The molecule has 1 aliphatic rings. The van der Waals surface area contributed by atoms with Crippen molar-refractivity contribution in [3.63, 3.8) is 0 Å². The van der Waals surface area contributed by atoms with Crippen LogP contribution in [0, 0.1) is 23.7 Å². The molecule has 0 saturated heterocycles. The molecule has 0 aromatic carbocycles. The Labute approximate surface area is 177 Å². The van der Waals surface area contributed by atoms with E-state index in [-0.39, 0.29) is 23.4 Å². The van der Waals surface area contributed by atoms with E-state index in [9.17, 15) is 14.7 Å². The molecule has 0 fully saturated rings. The van der Waals surface area contributed by atoms with Gasteiger partial charge in [0.15, 0.2) is 11.6 Å². The summed E-state index contributed by atoms with van der Waals surface area (Å²) in [6.45, 7) is 18.8. The average Bonchev–Trinajstić information content (AvgIpc) is 2.63. The number of rotatable bonds is 11. The first-order valence-electron chi connectivity index (χ1n) is 11.1. The highest BCUT2D eigenvalue weighted by atomic mass is 16.3. The Bertz CT molecular complexity index is 668. The Morgan fingerprint density at radius 2 is 1.76 bits per heavy atom. The maximum Gasteiger partial charge on any atom is 0.190 e. The molecule has 2 N–H and O–H groups in total. The fourth-order valence-electron chi connectivity index (χ4n) is 3.88. The minimum atomic E-state index is -1.30. The van der Waals surface area contributed by atoms with Crippen molar-refractivity contribution in [3.05, 3.63) is 35.1 Å². The number of hydrogen-bond donors (Lipinski definition) is 2. The van der Waals surface area contributed by atoms with Crippen molar-refractivity contribution in [2.75, 3.05) is 6.54 Å². The molecule has 1 aliphatic carbocycles. The molecule has 1 rings (SSSR count). The second-order valence-corrected chi connectivity index (χ2v) is 9.24. The summed E-state index contributed by atoms with van der Waals surface area (Å²) >= 11 is 0. The van der Waals surface area contributed by atoms with E-state index in [2.05, 4.69) is 32.7 Å². The number of allylic oxidation sites excluding steroid dienone is 4. The van der Waals surface area contributed by atoms with Gasteiger partial charge in [0, 0.05) is 12.1 Å². The second kappa shape index (κ2) is 11.5. The third-order valence-electron chi connectivity index (χ3n) is 5.77. The van der Waals surface area contributed by atoms with E-state index in [0.29, 0.717) is 30.2 Å². The van der Waals surface area contributed by atoms with Crippen LogP contribution in [0.4, 0.5) is 0 Å². The summed E-state index contributed by atoms with van der Waals surface area (Å²) in [4.78, 5) is 26.8. The van der Waals surface area contributed by atoms with Crippen LogP contribution in [-0.2, 0) is 9.59 Å². The number of hydrogen-bond acceptors (Lipinski definition) is 4. The molecule has 4 heteroatoms. The van der Waals surface area contributed by atoms with Gasteiger partial charge in [0.2, 0.25) is 0 Å².